The lowest BCUT2D eigenvalue weighted by molar-refractivity contribution is -0.432. The fraction of sp³-hybridized carbons (Fsp3) is 0.143. The fourth-order valence-electron chi connectivity index (χ4n) is 2.64. The van der Waals surface area contributed by atoms with E-state index in [1.165, 1.54) is 12.2 Å². The van der Waals surface area contributed by atoms with Gasteiger partial charge in [-0.3, -0.25) is 19.7 Å². The lowest BCUT2D eigenvalue weighted by Crippen LogP contribution is -2.39. The molecule has 0 N–H and O–H groups in total. The summed E-state index contributed by atoms with van der Waals surface area (Å²) in [4.78, 5) is 35.1. The van der Waals surface area contributed by atoms with Gasteiger partial charge in [0.05, 0.1) is 10.8 Å². The number of carbonyl (C=O) groups is 2. The number of benzene rings is 1. The predicted octanol–water partition coefficient (Wildman–Crippen LogP) is 2.03. The van der Waals surface area contributed by atoms with E-state index < -0.39 is 16.8 Å². The molecule has 94 valence electrons. The maximum atomic E-state index is 12.4. The number of carbonyl (C=O) groups excluding carboxylic acids is 2. The van der Waals surface area contributed by atoms with Gasteiger partial charge >= 0.3 is 0 Å². The molecule has 0 saturated carbocycles. The number of rotatable bonds is 1. The van der Waals surface area contributed by atoms with Gasteiger partial charge in [0.15, 0.2) is 11.6 Å². The largest absolute Gasteiger partial charge is 0.293 e. The van der Waals surface area contributed by atoms with Gasteiger partial charge in [-0.2, -0.15) is 0 Å². The average molecular weight is 255 g/mol. The third-order valence-corrected chi connectivity index (χ3v) is 3.52. The zero-order chi connectivity index (χ0) is 13.6. The Kier molecular flexibility index (Phi) is 2.41. The number of fused-ring (bicyclic) bond motifs is 2. The van der Waals surface area contributed by atoms with Crippen LogP contribution in [-0.4, -0.2) is 16.5 Å². The number of nitrogens with zero attached hydrogens (tertiary/aromatic N) is 1. The molecular formula is C14H9NO4. The standard InChI is InChI=1S/C14H9NO4/c16-13-8-4-1-2-5-9(8)14(17)12-10(13)6-3-7-11(12)15(18)19/h1-7,10,12H. The predicted molar refractivity (Wildman–Crippen MR) is 66.3 cm³/mol. The lowest BCUT2D eigenvalue weighted by Gasteiger charge is -2.28. The minimum absolute atomic E-state index is 0.208. The van der Waals surface area contributed by atoms with Gasteiger partial charge in [-0.05, 0) is 0 Å². The van der Waals surface area contributed by atoms with E-state index >= 15 is 0 Å². The number of hydrogen-bond donors (Lipinski definition) is 0. The minimum Gasteiger partial charge on any atom is -0.293 e. The van der Waals surface area contributed by atoms with E-state index in [-0.39, 0.29) is 22.8 Å². The average Bonchev–Trinajstić information content (AvgIpc) is 2.44. The first-order valence-corrected chi connectivity index (χ1v) is 5.81. The van der Waals surface area contributed by atoms with Gasteiger partial charge in [0, 0.05) is 17.2 Å². The van der Waals surface area contributed by atoms with Crippen LogP contribution in [0.25, 0.3) is 0 Å². The quantitative estimate of drug-likeness (QED) is 0.568. The van der Waals surface area contributed by atoms with Crippen molar-refractivity contribution in [2.45, 2.75) is 0 Å². The SMILES string of the molecule is O=C1c2ccccc2C(=O)C2C([N+](=O)[O-])=CC=CC12. The molecule has 5 nitrogen and oxygen atoms in total. The second-order valence-corrected chi connectivity index (χ2v) is 4.51. The molecule has 0 fully saturated rings. The molecular weight excluding hydrogens is 246 g/mol. The normalized spacial score (nSPS) is 24.5. The van der Waals surface area contributed by atoms with Crippen LogP contribution >= 0.6 is 0 Å². The molecule has 1 aromatic rings. The molecule has 0 amide bonds. The molecule has 2 unspecified atom stereocenters. The van der Waals surface area contributed by atoms with E-state index in [9.17, 15) is 19.7 Å². The van der Waals surface area contributed by atoms with Crippen LogP contribution in [0, 0.1) is 22.0 Å². The second kappa shape index (κ2) is 3.98. The fourth-order valence-corrected chi connectivity index (χ4v) is 2.64. The first-order chi connectivity index (χ1) is 9.11. The highest BCUT2D eigenvalue weighted by Gasteiger charge is 2.47. The number of hydrogen-bond acceptors (Lipinski definition) is 4. The van der Waals surface area contributed by atoms with Crippen molar-refractivity contribution in [1.82, 2.24) is 0 Å². The summed E-state index contributed by atoms with van der Waals surface area (Å²) in [7, 11) is 0. The van der Waals surface area contributed by atoms with Crippen LogP contribution in [0.15, 0.2) is 48.2 Å². The number of Topliss-reactive ketones (excluding diaryl/α,β-unsaturated/α-hetero) is 2. The summed E-state index contributed by atoms with van der Waals surface area (Å²) in [6, 6.07) is 6.46. The van der Waals surface area contributed by atoms with E-state index in [4.69, 9.17) is 0 Å². The van der Waals surface area contributed by atoms with Crippen LogP contribution in [-0.2, 0) is 0 Å². The van der Waals surface area contributed by atoms with Crippen LogP contribution in [0.3, 0.4) is 0 Å². The van der Waals surface area contributed by atoms with Crippen molar-refractivity contribution in [3.63, 3.8) is 0 Å². The third kappa shape index (κ3) is 1.55. The highest BCUT2D eigenvalue weighted by Crippen LogP contribution is 2.37. The summed E-state index contributed by atoms with van der Waals surface area (Å²) >= 11 is 0. The number of ketones is 2. The van der Waals surface area contributed by atoms with E-state index in [0.29, 0.717) is 5.56 Å². The lowest BCUT2D eigenvalue weighted by atomic mass is 9.71. The van der Waals surface area contributed by atoms with E-state index in [2.05, 4.69) is 0 Å². The van der Waals surface area contributed by atoms with Crippen molar-refractivity contribution in [2.75, 3.05) is 0 Å². The molecule has 2 aliphatic rings. The number of nitro groups is 1. The molecule has 0 bridgehead atoms. The highest BCUT2D eigenvalue weighted by molar-refractivity contribution is 6.17. The summed E-state index contributed by atoms with van der Waals surface area (Å²) in [5, 5.41) is 11.0. The monoisotopic (exact) mass is 255 g/mol. The van der Waals surface area contributed by atoms with Crippen LogP contribution in [0.5, 0.6) is 0 Å². The van der Waals surface area contributed by atoms with Crippen LogP contribution < -0.4 is 0 Å². The Labute approximate surface area is 108 Å². The first kappa shape index (κ1) is 11.5. The van der Waals surface area contributed by atoms with Gasteiger partial charge in [-0.1, -0.05) is 36.4 Å². The van der Waals surface area contributed by atoms with Gasteiger partial charge in [0.2, 0.25) is 0 Å². The third-order valence-electron chi connectivity index (χ3n) is 3.52. The van der Waals surface area contributed by atoms with Crippen molar-refractivity contribution in [1.29, 1.82) is 0 Å². The van der Waals surface area contributed by atoms with Crippen molar-refractivity contribution in [3.8, 4) is 0 Å². The molecule has 0 radical (unpaired) electrons. The molecule has 0 spiro atoms. The Bertz CT molecular complexity index is 672. The Hall–Kier alpha value is -2.56. The molecule has 1 aromatic carbocycles. The van der Waals surface area contributed by atoms with Crippen LogP contribution in [0.4, 0.5) is 0 Å². The van der Waals surface area contributed by atoms with Gasteiger partial charge in [-0.25, -0.2) is 0 Å². The first-order valence-electron chi connectivity index (χ1n) is 5.81. The molecule has 19 heavy (non-hydrogen) atoms. The molecule has 2 aliphatic carbocycles. The molecule has 2 atom stereocenters. The maximum absolute atomic E-state index is 12.4. The summed E-state index contributed by atoms with van der Waals surface area (Å²) in [6.45, 7) is 0. The molecule has 0 aliphatic heterocycles. The zero-order valence-electron chi connectivity index (χ0n) is 9.78. The Morgan fingerprint density at radius 1 is 1.05 bits per heavy atom. The van der Waals surface area contributed by atoms with Crippen LogP contribution in [0.1, 0.15) is 20.7 Å². The van der Waals surface area contributed by atoms with E-state index in [1.54, 1.807) is 30.3 Å². The molecule has 0 heterocycles. The van der Waals surface area contributed by atoms with Gasteiger partial charge in [-0.15, -0.1) is 0 Å². The maximum Gasteiger partial charge on any atom is 0.258 e. The second-order valence-electron chi connectivity index (χ2n) is 4.51. The smallest absolute Gasteiger partial charge is 0.258 e. The van der Waals surface area contributed by atoms with Gasteiger partial charge in [0.1, 0.15) is 5.92 Å². The Balaban J connectivity index is 2.20. The summed E-state index contributed by atoms with van der Waals surface area (Å²) in [5.74, 6) is -2.34. The van der Waals surface area contributed by atoms with Crippen LogP contribution in [0.2, 0.25) is 0 Å². The van der Waals surface area contributed by atoms with Crippen molar-refractivity contribution >= 4 is 11.6 Å². The zero-order valence-corrected chi connectivity index (χ0v) is 9.78. The Morgan fingerprint density at radius 2 is 1.68 bits per heavy atom. The summed E-state index contributed by atoms with van der Waals surface area (Å²) in [6.07, 6.45) is 4.33. The summed E-state index contributed by atoms with van der Waals surface area (Å²) in [5.41, 5.74) is 0.417. The molecule has 3 rings (SSSR count). The molecule has 5 heteroatoms. The van der Waals surface area contributed by atoms with Crippen molar-refractivity contribution in [3.05, 3.63) is 69.4 Å². The van der Waals surface area contributed by atoms with E-state index in [1.807, 2.05) is 0 Å². The van der Waals surface area contributed by atoms with Crippen molar-refractivity contribution in [2.24, 2.45) is 11.8 Å². The topological polar surface area (TPSA) is 77.3 Å². The van der Waals surface area contributed by atoms with E-state index in [0.717, 1.165) is 0 Å². The van der Waals surface area contributed by atoms with Gasteiger partial charge < -0.3 is 0 Å². The van der Waals surface area contributed by atoms with Crippen molar-refractivity contribution < 1.29 is 14.5 Å². The minimum atomic E-state index is -0.998. The summed E-state index contributed by atoms with van der Waals surface area (Å²) < 4.78 is 0. The molecule has 0 aromatic heterocycles. The number of allylic oxidation sites excluding steroid dienone is 4. The molecule has 0 saturated heterocycles. The highest BCUT2D eigenvalue weighted by atomic mass is 16.6. The van der Waals surface area contributed by atoms with Gasteiger partial charge in [0.25, 0.3) is 5.70 Å². The Morgan fingerprint density at radius 3 is 2.32 bits per heavy atom.